The van der Waals surface area contributed by atoms with E-state index in [1.54, 1.807) is 0 Å². The molecule has 0 atom stereocenters. The van der Waals surface area contributed by atoms with Gasteiger partial charge in [0.25, 0.3) is 0 Å². The van der Waals surface area contributed by atoms with E-state index in [4.69, 9.17) is 5.73 Å². The summed E-state index contributed by atoms with van der Waals surface area (Å²) in [5.74, 6) is 4.80. The maximum absolute atomic E-state index is 11.0. The Morgan fingerprint density at radius 3 is 2.86 bits per heavy atom. The van der Waals surface area contributed by atoms with Crippen molar-refractivity contribution in [2.24, 2.45) is 5.73 Å². The third-order valence-electron chi connectivity index (χ3n) is 1.36. The minimum Gasteiger partial charge on any atom is -0.464 e. The van der Waals surface area contributed by atoms with Gasteiger partial charge in [-0.2, -0.15) is 0 Å². The van der Waals surface area contributed by atoms with E-state index in [-0.39, 0.29) is 12.2 Å². The molecule has 0 radical (unpaired) electrons. The quantitative estimate of drug-likeness (QED) is 0.481. The van der Waals surface area contributed by atoms with Crippen molar-refractivity contribution in [1.82, 2.24) is 9.97 Å². The molecule has 0 aliphatic heterocycles. The van der Waals surface area contributed by atoms with Gasteiger partial charge in [0.05, 0.1) is 26.0 Å². The van der Waals surface area contributed by atoms with E-state index < -0.39 is 5.97 Å². The summed E-state index contributed by atoms with van der Waals surface area (Å²) in [6.45, 7) is 0.264. The van der Waals surface area contributed by atoms with E-state index in [2.05, 4.69) is 26.5 Å². The van der Waals surface area contributed by atoms with Crippen LogP contribution < -0.4 is 5.73 Å². The number of ether oxygens (including phenoxy) is 1. The highest BCUT2D eigenvalue weighted by atomic mass is 16.5. The summed E-state index contributed by atoms with van der Waals surface area (Å²) in [6, 6.07) is 0. The highest BCUT2D eigenvalue weighted by molar-refractivity contribution is 5.86. The van der Waals surface area contributed by atoms with Gasteiger partial charge < -0.3 is 10.5 Å². The lowest BCUT2D eigenvalue weighted by molar-refractivity contribution is 0.0593. The van der Waals surface area contributed by atoms with E-state index in [1.807, 2.05) is 0 Å². The number of carbonyl (C=O) groups is 1. The maximum Gasteiger partial charge on any atom is 0.358 e. The van der Waals surface area contributed by atoms with Crippen molar-refractivity contribution in [3.8, 4) is 11.8 Å². The number of carbonyl (C=O) groups excluding carboxylic acids is 1. The first-order valence-corrected chi connectivity index (χ1v) is 3.87. The number of nitrogens with two attached hydrogens (primary N) is 1. The average Bonchev–Trinajstić information content (AvgIpc) is 2.26. The zero-order valence-corrected chi connectivity index (χ0v) is 7.65. The molecule has 2 N–H and O–H groups in total. The van der Waals surface area contributed by atoms with Gasteiger partial charge >= 0.3 is 5.97 Å². The topological polar surface area (TPSA) is 78.1 Å². The molecule has 0 unspecified atom stereocenters. The van der Waals surface area contributed by atoms with Crippen molar-refractivity contribution in [2.75, 3.05) is 13.7 Å². The molecule has 72 valence electrons. The first-order chi connectivity index (χ1) is 6.77. The zero-order chi connectivity index (χ0) is 10.4. The average molecular weight is 191 g/mol. The molecule has 1 rings (SSSR count). The molecular formula is C9H9N3O2. The van der Waals surface area contributed by atoms with Crippen molar-refractivity contribution < 1.29 is 9.53 Å². The monoisotopic (exact) mass is 191 g/mol. The Morgan fingerprint density at radius 2 is 2.36 bits per heavy atom. The minimum atomic E-state index is -0.518. The Hall–Kier alpha value is -1.93. The number of esters is 1. The maximum atomic E-state index is 11.0. The van der Waals surface area contributed by atoms with Crippen LogP contribution in [0.1, 0.15) is 16.2 Å². The third-order valence-corrected chi connectivity index (χ3v) is 1.36. The second kappa shape index (κ2) is 4.94. The summed E-state index contributed by atoms with van der Waals surface area (Å²) in [5.41, 5.74) is 5.81. The lowest BCUT2D eigenvalue weighted by Crippen LogP contribution is -2.05. The molecule has 0 fully saturated rings. The van der Waals surface area contributed by atoms with E-state index in [0.29, 0.717) is 5.69 Å². The number of rotatable bonds is 1. The Bertz CT molecular complexity index is 375. The lowest BCUT2D eigenvalue weighted by atomic mass is 10.4. The third kappa shape index (κ3) is 2.54. The molecule has 5 nitrogen and oxygen atoms in total. The Morgan fingerprint density at radius 1 is 1.57 bits per heavy atom. The summed E-state index contributed by atoms with van der Waals surface area (Å²) >= 11 is 0. The molecule has 0 saturated carbocycles. The van der Waals surface area contributed by atoms with Crippen molar-refractivity contribution in [3.63, 3.8) is 0 Å². The van der Waals surface area contributed by atoms with Crippen molar-refractivity contribution in [2.45, 2.75) is 0 Å². The molecule has 0 bridgehead atoms. The highest BCUT2D eigenvalue weighted by Gasteiger charge is 2.05. The fourth-order valence-electron chi connectivity index (χ4n) is 0.744. The van der Waals surface area contributed by atoms with Gasteiger partial charge in [0.2, 0.25) is 0 Å². The second-order valence-electron chi connectivity index (χ2n) is 2.28. The molecule has 1 heterocycles. The fraction of sp³-hybridized carbons (Fsp3) is 0.222. The largest absolute Gasteiger partial charge is 0.464 e. The normalized spacial score (nSPS) is 8.71. The SMILES string of the molecule is COC(=O)c1cnc(C#CCN)cn1. The molecular weight excluding hydrogens is 182 g/mol. The van der Waals surface area contributed by atoms with E-state index in [9.17, 15) is 4.79 Å². The van der Waals surface area contributed by atoms with Crippen LogP contribution in [0.3, 0.4) is 0 Å². The lowest BCUT2D eigenvalue weighted by Gasteiger charge is -1.96. The summed E-state index contributed by atoms with van der Waals surface area (Å²) in [5, 5.41) is 0. The molecule has 1 aromatic heterocycles. The Balaban J connectivity index is 2.83. The van der Waals surface area contributed by atoms with Crippen LogP contribution >= 0.6 is 0 Å². The molecule has 1 aromatic rings. The first-order valence-electron chi connectivity index (χ1n) is 3.87. The van der Waals surface area contributed by atoms with Crippen molar-refractivity contribution in [1.29, 1.82) is 0 Å². The first kappa shape index (κ1) is 10.2. The number of methoxy groups -OCH3 is 1. The summed E-state index contributed by atoms with van der Waals surface area (Å²) in [4.78, 5) is 18.7. The van der Waals surface area contributed by atoms with Crippen molar-refractivity contribution in [3.05, 3.63) is 23.8 Å². The fourth-order valence-corrected chi connectivity index (χ4v) is 0.744. The van der Waals surface area contributed by atoms with Gasteiger partial charge in [-0.1, -0.05) is 5.92 Å². The minimum absolute atomic E-state index is 0.158. The number of nitrogens with zero attached hydrogens (tertiary/aromatic N) is 2. The van der Waals surface area contributed by atoms with Gasteiger partial charge in [0.1, 0.15) is 5.69 Å². The Labute approximate surface area is 81.3 Å². The number of aromatic nitrogens is 2. The molecule has 0 aromatic carbocycles. The summed E-state index contributed by atoms with van der Waals surface area (Å²) < 4.78 is 4.46. The molecule has 0 aliphatic rings. The molecule has 0 aliphatic carbocycles. The molecule has 14 heavy (non-hydrogen) atoms. The van der Waals surface area contributed by atoms with Crippen LogP contribution in [0.4, 0.5) is 0 Å². The van der Waals surface area contributed by atoms with Crippen LogP contribution in [0.15, 0.2) is 12.4 Å². The second-order valence-corrected chi connectivity index (χ2v) is 2.28. The zero-order valence-electron chi connectivity index (χ0n) is 7.65. The van der Waals surface area contributed by atoms with Crippen LogP contribution in [0.2, 0.25) is 0 Å². The van der Waals surface area contributed by atoms with E-state index >= 15 is 0 Å². The molecule has 0 spiro atoms. The van der Waals surface area contributed by atoms with Gasteiger partial charge in [0, 0.05) is 0 Å². The van der Waals surface area contributed by atoms with Crippen LogP contribution in [0, 0.1) is 11.8 Å². The molecule has 0 amide bonds. The number of hydrogen-bond acceptors (Lipinski definition) is 5. The van der Waals surface area contributed by atoms with E-state index in [1.165, 1.54) is 19.5 Å². The van der Waals surface area contributed by atoms with Crippen LogP contribution in [-0.4, -0.2) is 29.6 Å². The van der Waals surface area contributed by atoms with Gasteiger partial charge in [-0.15, -0.1) is 0 Å². The van der Waals surface area contributed by atoms with Crippen molar-refractivity contribution >= 4 is 5.97 Å². The van der Waals surface area contributed by atoms with Crippen LogP contribution in [0.25, 0.3) is 0 Å². The van der Waals surface area contributed by atoms with Gasteiger partial charge in [-0.3, -0.25) is 0 Å². The smallest absolute Gasteiger partial charge is 0.358 e. The predicted molar refractivity (Wildman–Crippen MR) is 49.3 cm³/mol. The van der Waals surface area contributed by atoms with Gasteiger partial charge in [0.15, 0.2) is 5.69 Å². The molecule has 0 saturated heterocycles. The Kier molecular flexibility index (Phi) is 3.58. The highest BCUT2D eigenvalue weighted by Crippen LogP contribution is 1.95. The summed E-state index contributed by atoms with van der Waals surface area (Å²) in [7, 11) is 1.28. The predicted octanol–water partition coefficient (Wildman–Crippen LogP) is -0.427. The number of hydrogen-bond donors (Lipinski definition) is 1. The van der Waals surface area contributed by atoms with Crippen LogP contribution in [0.5, 0.6) is 0 Å². The van der Waals surface area contributed by atoms with Gasteiger partial charge in [-0.25, -0.2) is 14.8 Å². The van der Waals surface area contributed by atoms with Gasteiger partial charge in [-0.05, 0) is 5.92 Å². The van der Waals surface area contributed by atoms with E-state index in [0.717, 1.165) is 0 Å². The molecule has 5 heteroatoms. The summed E-state index contributed by atoms with van der Waals surface area (Å²) in [6.07, 6.45) is 2.71. The van der Waals surface area contributed by atoms with Crippen LogP contribution in [-0.2, 0) is 4.74 Å². The standard InChI is InChI=1S/C9H9N3O2/c1-14-9(13)8-6-11-7(5-12-8)3-2-4-10/h5-6H,4,10H2,1H3.